The van der Waals surface area contributed by atoms with Crippen molar-refractivity contribution in [3.8, 4) is 0 Å². The van der Waals surface area contributed by atoms with Crippen molar-refractivity contribution in [2.24, 2.45) is 5.41 Å². The van der Waals surface area contributed by atoms with Gasteiger partial charge in [0.25, 0.3) is 0 Å². The summed E-state index contributed by atoms with van der Waals surface area (Å²) in [7, 11) is 1.21. The number of carbonyl (C=O) groups excluding carboxylic acids is 2. The number of hydrogen-bond donors (Lipinski definition) is 0. The van der Waals surface area contributed by atoms with Gasteiger partial charge in [-0.2, -0.15) is 0 Å². The van der Waals surface area contributed by atoms with Crippen LogP contribution in [0.15, 0.2) is 53.0 Å². The van der Waals surface area contributed by atoms with Crippen LogP contribution >= 0.6 is 15.9 Å². The molecule has 1 aliphatic carbocycles. The first-order valence-electron chi connectivity index (χ1n) is 8.49. The lowest BCUT2D eigenvalue weighted by Gasteiger charge is -2.39. The van der Waals surface area contributed by atoms with E-state index in [1.54, 1.807) is 36.4 Å². The molecule has 0 spiro atoms. The van der Waals surface area contributed by atoms with E-state index in [2.05, 4.69) is 15.9 Å². The van der Waals surface area contributed by atoms with Gasteiger partial charge in [0.1, 0.15) is 5.41 Å². The fourth-order valence-electron chi connectivity index (χ4n) is 3.92. The maximum atomic E-state index is 13.5. The first kappa shape index (κ1) is 19.2. The van der Waals surface area contributed by atoms with Crippen LogP contribution in [0, 0.1) is 15.5 Å². The molecule has 0 radical (unpaired) electrons. The quantitative estimate of drug-likeness (QED) is 0.311. The zero-order valence-electron chi connectivity index (χ0n) is 14.7. The Bertz CT molecular complexity index is 913. The standard InChI is InChI=1S/C20H18BrNO5/c1-27-19(24)20(11-10-13-6-2-3-7-14(13)18(20)23)16(12-22(25)26)15-8-4-5-9-17(15)21/h2-9,16H,10-12H2,1H3/t16-,20+/m0/s1. The number of hydrogen-bond acceptors (Lipinski definition) is 5. The Morgan fingerprint density at radius 2 is 1.93 bits per heavy atom. The van der Waals surface area contributed by atoms with Crippen molar-refractivity contribution >= 4 is 27.7 Å². The van der Waals surface area contributed by atoms with Gasteiger partial charge in [0.2, 0.25) is 6.54 Å². The van der Waals surface area contributed by atoms with Crippen LogP contribution in [0.1, 0.15) is 33.8 Å². The minimum Gasteiger partial charge on any atom is -0.468 e. The summed E-state index contributed by atoms with van der Waals surface area (Å²) in [4.78, 5) is 37.4. The van der Waals surface area contributed by atoms with Gasteiger partial charge in [-0.3, -0.25) is 19.7 Å². The fraction of sp³-hybridized carbons (Fsp3) is 0.300. The number of methoxy groups -OCH3 is 1. The van der Waals surface area contributed by atoms with E-state index in [1.807, 2.05) is 12.1 Å². The summed E-state index contributed by atoms with van der Waals surface area (Å²) in [5.41, 5.74) is 0.177. The Morgan fingerprint density at radius 1 is 1.26 bits per heavy atom. The van der Waals surface area contributed by atoms with E-state index in [4.69, 9.17) is 4.74 Å². The Hall–Kier alpha value is -2.54. The summed E-state index contributed by atoms with van der Waals surface area (Å²) in [6.45, 7) is -0.550. The largest absolute Gasteiger partial charge is 0.468 e. The van der Waals surface area contributed by atoms with Gasteiger partial charge in [0.05, 0.1) is 13.0 Å². The molecular formula is C20H18BrNO5. The molecule has 0 saturated carbocycles. The monoisotopic (exact) mass is 431 g/mol. The molecule has 140 valence electrons. The molecule has 2 atom stereocenters. The zero-order chi connectivity index (χ0) is 19.6. The molecule has 6 nitrogen and oxygen atoms in total. The van der Waals surface area contributed by atoms with Crippen LogP contribution in [0.25, 0.3) is 0 Å². The van der Waals surface area contributed by atoms with Crippen LogP contribution in [0.2, 0.25) is 0 Å². The summed E-state index contributed by atoms with van der Waals surface area (Å²) in [5.74, 6) is -2.10. The molecule has 0 aromatic heterocycles. The van der Waals surface area contributed by atoms with E-state index >= 15 is 0 Å². The smallest absolute Gasteiger partial charge is 0.320 e. The molecule has 27 heavy (non-hydrogen) atoms. The van der Waals surface area contributed by atoms with Gasteiger partial charge >= 0.3 is 5.97 Å². The average molecular weight is 432 g/mol. The normalized spacial score (nSPS) is 19.9. The number of ether oxygens (including phenoxy) is 1. The third kappa shape index (κ3) is 3.27. The van der Waals surface area contributed by atoms with Gasteiger partial charge in [-0.05, 0) is 30.0 Å². The topological polar surface area (TPSA) is 86.5 Å². The van der Waals surface area contributed by atoms with Crippen molar-refractivity contribution in [1.29, 1.82) is 0 Å². The van der Waals surface area contributed by atoms with Gasteiger partial charge in [0, 0.05) is 15.0 Å². The van der Waals surface area contributed by atoms with E-state index in [0.29, 0.717) is 22.0 Å². The minimum absolute atomic E-state index is 0.162. The van der Waals surface area contributed by atoms with E-state index in [0.717, 1.165) is 5.56 Å². The van der Waals surface area contributed by atoms with E-state index < -0.39 is 34.6 Å². The summed E-state index contributed by atoms with van der Waals surface area (Å²) in [6, 6.07) is 14.0. The summed E-state index contributed by atoms with van der Waals surface area (Å²) < 4.78 is 5.62. The van der Waals surface area contributed by atoms with Crippen LogP contribution in [0.3, 0.4) is 0 Å². The third-order valence-electron chi connectivity index (χ3n) is 5.21. The van der Waals surface area contributed by atoms with Gasteiger partial charge in [-0.15, -0.1) is 0 Å². The molecule has 2 aromatic rings. The molecule has 1 aliphatic rings. The van der Waals surface area contributed by atoms with Gasteiger partial charge in [0.15, 0.2) is 5.78 Å². The predicted molar refractivity (Wildman–Crippen MR) is 102 cm³/mol. The van der Waals surface area contributed by atoms with Crippen molar-refractivity contribution in [3.05, 3.63) is 79.8 Å². The number of carbonyl (C=O) groups is 2. The maximum absolute atomic E-state index is 13.5. The molecule has 0 bridgehead atoms. The SMILES string of the molecule is COC(=O)[C@@]1([C@@H](C[N+](=O)[O-])c2ccccc2Br)CCc2ccccc2C1=O. The Kier molecular flexibility index (Phi) is 5.41. The average Bonchev–Trinajstić information content (AvgIpc) is 2.67. The second kappa shape index (κ2) is 7.60. The van der Waals surface area contributed by atoms with Crippen molar-refractivity contribution in [3.63, 3.8) is 0 Å². The number of ketones is 1. The van der Waals surface area contributed by atoms with Crippen LogP contribution in [0.5, 0.6) is 0 Å². The second-order valence-corrected chi connectivity index (χ2v) is 7.39. The second-order valence-electron chi connectivity index (χ2n) is 6.54. The molecule has 7 heteroatoms. The lowest BCUT2D eigenvalue weighted by atomic mass is 9.61. The highest BCUT2D eigenvalue weighted by Gasteiger charge is 2.57. The highest BCUT2D eigenvalue weighted by Crippen LogP contribution is 2.48. The number of nitro groups is 1. The third-order valence-corrected chi connectivity index (χ3v) is 5.93. The molecular weight excluding hydrogens is 414 g/mol. The molecule has 0 unspecified atom stereocenters. The molecule has 0 amide bonds. The van der Waals surface area contributed by atoms with Crippen molar-refractivity contribution in [1.82, 2.24) is 0 Å². The van der Waals surface area contributed by atoms with Gasteiger partial charge in [-0.25, -0.2) is 0 Å². The molecule has 0 saturated heterocycles. The van der Waals surface area contributed by atoms with Crippen LogP contribution in [-0.4, -0.2) is 30.3 Å². The molecule has 3 rings (SSSR count). The van der Waals surface area contributed by atoms with Crippen LogP contribution in [0.4, 0.5) is 0 Å². The highest BCUT2D eigenvalue weighted by molar-refractivity contribution is 9.10. The first-order chi connectivity index (χ1) is 12.9. The molecule has 0 fully saturated rings. The summed E-state index contributed by atoms with van der Waals surface area (Å²) in [5, 5.41) is 11.5. The number of esters is 1. The highest BCUT2D eigenvalue weighted by atomic mass is 79.9. The number of Topliss-reactive ketones (excluding diaryl/α,β-unsaturated/α-hetero) is 1. The van der Waals surface area contributed by atoms with Crippen LogP contribution in [-0.2, 0) is 16.0 Å². The van der Waals surface area contributed by atoms with Crippen molar-refractivity contribution in [2.45, 2.75) is 18.8 Å². The summed E-state index contributed by atoms with van der Waals surface area (Å²) >= 11 is 3.41. The zero-order valence-corrected chi connectivity index (χ0v) is 16.3. The van der Waals surface area contributed by atoms with Crippen LogP contribution < -0.4 is 0 Å². The maximum Gasteiger partial charge on any atom is 0.320 e. The predicted octanol–water partition coefficient (Wildman–Crippen LogP) is 3.80. The van der Waals surface area contributed by atoms with Gasteiger partial charge < -0.3 is 4.74 Å². The number of halogens is 1. The minimum atomic E-state index is -1.64. The Labute approximate surface area is 164 Å². The number of rotatable bonds is 5. The summed E-state index contributed by atoms with van der Waals surface area (Å²) in [6.07, 6.45) is 0.630. The lowest BCUT2D eigenvalue weighted by Crippen LogP contribution is -2.50. The van der Waals surface area contributed by atoms with E-state index in [1.165, 1.54) is 7.11 Å². The van der Waals surface area contributed by atoms with Crippen molar-refractivity contribution < 1.29 is 19.2 Å². The van der Waals surface area contributed by atoms with E-state index in [-0.39, 0.29) is 6.42 Å². The molecule has 0 heterocycles. The Morgan fingerprint density at radius 3 is 2.59 bits per heavy atom. The Balaban J connectivity index is 2.24. The van der Waals surface area contributed by atoms with Crippen molar-refractivity contribution in [2.75, 3.05) is 13.7 Å². The number of benzene rings is 2. The number of fused-ring (bicyclic) bond motifs is 1. The molecule has 0 N–H and O–H groups in total. The first-order valence-corrected chi connectivity index (χ1v) is 9.28. The number of aryl methyl sites for hydroxylation is 1. The fourth-order valence-corrected chi connectivity index (χ4v) is 4.48. The molecule has 0 aliphatic heterocycles. The molecule has 2 aromatic carbocycles. The van der Waals surface area contributed by atoms with E-state index in [9.17, 15) is 19.7 Å². The van der Waals surface area contributed by atoms with Gasteiger partial charge in [-0.1, -0.05) is 58.4 Å². The lowest BCUT2D eigenvalue weighted by molar-refractivity contribution is -0.485. The number of nitrogens with zero attached hydrogens (tertiary/aromatic N) is 1.